The van der Waals surface area contributed by atoms with Gasteiger partial charge in [-0.3, -0.25) is 0 Å². The highest BCUT2D eigenvalue weighted by Gasteiger charge is 2.13. The minimum Gasteiger partial charge on any atom is -0.396 e. The lowest BCUT2D eigenvalue weighted by Crippen LogP contribution is -2.13. The van der Waals surface area contributed by atoms with E-state index >= 15 is 0 Å². The summed E-state index contributed by atoms with van der Waals surface area (Å²) in [6.45, 7) is 0.121. The Kier molecular flexibility index (Phi) is 4.07. The molecule has 0 aliphatic heterocycles. The molecule has 0 radical (unpaired) electrons. The first kappa shape index (κ1) is 13.5. The Hall–Kier alpha value is -2.46. The second-order valence-corrected chi connectivity index (χ2v) is 4.86. The second-order valence-electron chi connectivity index (χ2n) is 4.86. The lowest BCUT2D eigenvalue weighted by atomic mass is 10.0. The molecule has 3 aromatic rings. The fraction of sp³-hybridized carbons (Fsp3) is 0.176. The van der Waals surface area contributed by atoms with Crippen molar-refractivity contribution in [1.29, 1.82) is 0 Å². The fourth-order valence-electron chi connectivity index (χ4n) is 2.42. The average molecular weight is 279 g/mol. The number of benzene rings is 2. The van der Waals surface area contributed by atoms with E-state index in [9.17, 15) is 5.11 Å². The van der Waals surface area contributed by atoms with Gasteiger partial charge in [0, 0.05) is 12.0 Å². The van der Waals surface area contributed by atoms with Gasteiger partial charge in [0.15, 0.2) is 0 Å². The summed E-state index contributed by atoms with van der Waals surface area (Å²) in [7, 11) is 0. The summed E-state index contributed by atoms with van der Waals surface area (Å²) in [5, 5.41) is 13.7. The van der Waals surface area contributed by atoms with Gasteiger partial charge in [0.25, 0.3) is 0 Å². The maximum atomic E-state index is 9.32. The third-order valence-electron chi connectivity index (χ3n) is 3.47. The van der Waals surface area contributed by atoms with Crippen molar-refractivity contribution in [1.82, 2.24) is 9.97 Å². The fourth-order valence-corrected chi connectivity index (χ4v) is 2.42. The first-order valence-electron chi connectivity index (χ1n) is 7.00. The van der Waals surface area contributed by atoms with Crippen LogP contribution >= 0.6 is 0 Å². The van der Waals surface area contributed by atoms with E-state index in [1.54, 1.807) is 6.33 Å². The summed E-state index contributed by atoms with van der Waals surface area (Å²) in [6.07, 6.45) is 2.19. The molecule has 0 bridgehead atoms. The quantitative estimate of drug-likeness (QED) is 0.753. The predicted molar refractivity (Wildman–Crippen MR) is 84.0 cm³/mol. The maximum Gasteiger partial charge on any atom is 0.137 e. The number of para-hydroxylation sites is 1. The van der Waals surface area contributed by atoms with Gasteiger partial charge in [0.2, 0.25) is 0 Å². The van der Waals surface area contributed by atoms with Crippen LogP contribution in [0.15, 0.2) is 60.9 Å². The van der Waals surface area contributed by atoms with Crippen LogP contribution in [0.4, 0.5) is 5.82 Å². The number of anilines is 1. The first-order chi connectivity index (χ1) is 10.4. The number of hydrogen-bond donors (Lipinski definition) is 2. The lowest BCUT2D eigenvalue weighted by Gasteiger charge is -2.19. The first-order valence-corrected chi connectivity index (χ1v) is 7.00. The summed E-state index contributed by atoms with van der Waals surface area (Å²) in [6, 6.07) is 18.0. The maximum absolute atomic E-state index is 9.32. The molecule has 4 nitrogen and oxygen atoms in total. The third kappa shape index (κ3) is 3.01. The number of aliphatic hydroxyl groups is 1. The number of nitrogens with zero attached hydrogens (tertiary/aromatic N) is 2. The van der Waals surface area contributed by atoms with Crippen LogP contribution in [0.5, 0.6) is 0 Å². The van der Waals surface area contributed by atoms with Gasteiger partial charge < -0.3 is 10.4 Å². The zero-order valence-electron chi connectivity index (χ0n) is 11.6. The molecule has 21 heavy (non-hydrogen) atoms. The van der Waals surface area contributed by atoms with Crippen LogP contribution in [0.3, 0.4) is 0 Å². The molecule has 2 N–H and O–H groups in total. The molecule has 2 aromatic carbocycles. The lowest BCUT2D eigenvalue weighted by molar-refractivity contribution is 0.280. The molecule has 0 amide bonds. The van der Waals surface area contributed by atoms with Crippen molar-refractivity contribution in [2.45, 2.75) is 12.5 Å². The molecular weight excluding hydrogens is 262 g/mol. The van der Waals surface area contributed by atoms with Gasteiger partial charge >= 0.3 is 0 Å². The molecule has 1 atom stereocenters. The SMILES string of the molecule is OCC[C@@H](Nc1ncnc2ccccc12)c1ccccc1. The Labute approximate surface area is 123 Å². The van der Waals surface area contributed by atoms with Gasteiger partial charge in [0.1, 0.15) is 12.1 Å². The highest BCUT2D eigenvalue weighted by atomic mass is 16.3. The van der Waals surface area contributed by atoms with Crippen LogP contribution in [0, 0.1) is 0 Å². The monoisotopic (exact) mass is 279 g/mol. The van der Waals surface area contributed by atoms with Gasteiger partial charge in [-0.15, -0.1) is 0 Å². The van der Waals surface area contributed by atoms with Gasteiger partial charge in [-0.2, -0.15) is 0 Å². The molecule has 0 aliphatic rings. The molecule has 1 heterocycles. The van der Waals surface area contributed by atoms with Crippen molar-refractivity contribution in [3.63, 3.8) is 0 Å². The summed E-state index contributed by atoms with van der Waals surface area (Å²) in [5.74, 6) is 0.794. The average Bonchev–Trinajstić information content (AvgIpc) is 2.55. The van der Waals surface area contributed by atoms with Gasteiger partial charge in [-0.1, -0.05) is 42.5 Å². The van der Waals surface area contributed by atoms with Crippen molar-refractivity contribution in [2.24, 2.45) is 0 Å². The topological polar surface area (TPSA) is 58.0 Å². The number of fused-ring (bicyclic) bond motifs is 1. The van der Waals surface area contributed by atoms with E-state index < -0.39 is 0 Å². The zero-order chi connectivity index (χ0) is 14.5. The van der Waals surface area contributed by atoms with Crippen LogP contribution in [0.25, 0.3) is 10.9 Å². The third-order valence-corrected chi connectivity index (χ3v) is 3.47. The van der Waals surface area contributed by atoms with Crippen molar-refractivity contribution in [2.75, 3.05) is 11.9 Å². The molecule has 0 spiro atoms. The van der Waals surface area contributed by atoms with Gasteiger partial charge in [-0.05, 0) is 24.1 Å². The molecule has 0 fully saturated rings. The summed E-state index contributed by atoms with van der Waals surface area (Å²) < 4.78 is 0. The predicted octanol–water partition coefficient (Wildman–Crippen LogP) is 3.17. The highest BCUT2D eigenvalue weighted by Crippen LogP contribution is 2.25. The normalized spacial score (nSPS) is 12.2. The van der Waals surface area contributed by atoms with Crippen LogP contribution in [0.1, 0.15) is 18.0 Å². The van der Waals surface area contributed by atoms with Gasteiger partial charge in [0.05, 0.1) is 11.6 Å². The number of aromatic nitrogens is 2. The largest absolute Gasteiger partial charge is 0.396 e. The van der Waals surface area contributed by atoms with Crippen LogP contribution in [-0.4, -0.2) is 21.7 Å². The van der Waals surface area contributed by atoms with Crippen molar-refractivity contribution >= 4 is 16.7 Å². The molecule has 0 unspecified atom stereocenters. The summed E-state index contributed by atoms with van der Waals surface area (Å²) >= 11 is 0. The molecular formula is C17H17N3O. The smallest absolute Gasteiger partial charge is 0.137 e. The van der Waals surface area contributed by atoms with E-state index in [4.69, 9.17) is 0 Å². The Balaban J connectivity index is 1.95. The number of rotatable bonds is 5. The Morgan fingerprint density at radius 2 is 1.71 bits per heavy atom. The minimum absolute atomic E-state index is 0.0227. The second kappa shape index (κ2) is 6.33. The number of hydrogen-bond acceptors (Lipinski definition) is 4. The molecule has 0 saturated carbocycles. The van der Waals surface area contributed by atoms with Crippen molar-refractivity contribution < 1.29 is 5.11 Å². The van der Waals surface area contributed by atoms with E-state index in [-0.39, 0.29) is 12.6 Å². The molecule has 4 heteroatoms. The molecule has 3 rings (SSSR count). The van der Waals surface area contributed by atoms with E-state index in [1.807, 2.05) is 42.5 Å². The Morgan fingerprint density at radius 1 is 0.952 bits per heavy atom. The van der Waals surface area contributed by atoms with Crippen molar-refractivity contribution in [3.8, 4) is 0 Å². The van der Waals surface area contributed by atoms with Crippen LogP contribution < -0.4 is 5.32 Å². The van der Waals surface area contributed by atoms with Crippen LogP contribution in [-0.2, 0) is 0 Å². The highest BCUT2D eigenvalue weighted by molar-refractivity contribution is 5.88. The zero-order valence-corrected chi connectivity index (χ0v) is 11.6. The van der Waals surface area contributed by atoms with E-state index in [1.165, 1.54) is 0 Å². The summed E-state index contributed by atoms with van der Waals surface area (Å²) in [4.78, 5) is 8.62. The molecule has 0 saturated heterocycles. The van der Waals surface area contributed by atoms with E-state index in [0.29, 0.717) is 6.42 Å². The molecule has 106 valence electrons. The number of nitrogens with one attached hydrogen (secondary N) is 1. The van der Waals surface area contributed by atoms with Crippen molar-refractivity contribution in [3.05, 3.63) is 66.5 Å². The summed E-state index contributed by atoms with van der Waals surface area (Å²) in [5.41, 5.74) is 2.04. The standard InChI is InChI=1S/C17H17N3O/c21-11-10-15(13-6-2-1-3-7-13)20-17-14-8-4-5-9-16(14)18-12-19-17/h1-9,12,15,21H,10-11H2,(H,18,19,20)/t15-/m1/s1. The number of aliphatic hydroxyl groups excluding tert-OH is 1. The molecule has 1 aromatic heterocycles. The van der Waals surface area contributed by atoms with E-state index in [2.05, 4.69) is 27.4 Å². The van der Waals surface area contributed by atoms with E-state index in [0.717, 1.165) is 22.3 Å². The van der Waals surface area contributed by atoms with Gasteiger partial charge in [-0.25, -0.2) is 9.97 Å². The minimum atomic E-state index is 0.0227. The van der Waals surface area contributed by atoms with Crippen LogP contribution in [0.2, 0.25) is 0 Å². The Morgan fingerprint density at radius 3 is 2.52 bits per heavy atom. The Bertz CT molecular complexity index is 710. The molecule has 0 aliphatic carbocycles.